The van der Waals surface area contributed by atoms with Crippen molar-refractivity contribution in [3.63, 3.8) is 0 Å². The fraction of sp³-hybridized carbons (Fsp3) is 0.286. The van der Waals surface area contributed by atoms with E-state index in [2.05, 4.69) is 31.3 Å². The van der Waals surface area contributed by atoms with Gasteiger partial charge in [-0.25, -0.2) is 15.0 Å². The third kappa shape index (κ3) is 4.23. The van der Waals surface area contributed by atoms with E-state index in [1.54, 1.807) is 30.9 Å². The van der Waals surface area contributed by atoms with Crippen molar-refractivity contribution in [1.82, 2.24) is 19.9 Å². The summed E-state index contributed by atoms with van der Waals surface area (Å²) < 4.78 is 6.06. The second-order valence-electron chi connectivity index (χ2n) is 6.70. The summed E-state index contributed by atoms with van der Waals surface area (Å²) in [6, 6.07) is 9.58. The molecule has 1 aliphatic rings. The highest BCUT2D eigenvalue weighted by Crippen LogP contribution is 2.28. The minimum Gasteiger partial charge on any atom is -0.487 e. The van der Waals surface area contributed by atoms with Crippen LogP contribution in [0, 0.1) is 11.3 Å². The molecule has 7 nitrogen and oxygen atoms in total. The normalized spacial score (nSPS) is 14.2. The van der Waals surface area contributed by atoms with E-state index >= 15 is 0 Å². The average Bonchev–Trinajstić information content (AvgIpc) is 2.76. The second-order valence-corrected chi connectivity index (χ2v) is 6.70. The molecular weight excluding hydrogens is 352 g/mol. The van der Waals surface area contributed by atoms with Crippen molar-refractivity contribution in [3.05, 3.63) is 54.7 Å². The summed E-state index contributed by atoms with van der Waals surface area (Å²) >= 11 is 0. The summed E-state index contributed by atoms with van der Waals surface area (Å²) in [7, 11) is 0. The number of aromatic nitrogens is 4. The van der Waals surface area contributed by atoms with Gasteiger partial charge in [0.05, 0.1) is 23.7 Å². The van der Waals surface area contributed by atoms with Gasteiger partial charge in [-0.2, -0.15) is 5.26 Å². The summed E-state index contributed by atoms with van der Waals surface area (Å²) in [5, 5.41) is 12.4. The van der Waals surface area contributed by atoms with Gasteiger partial charge in [0.25, 0.3) is 0 Å². The van der Waals surface area contributed by atoms with Gasteiger partial charge in [-0.1, -0.05) is 12.5 Å². The van der Waals surface area contributed by atoms with Gasteiger partial charge < -0.3 is 10.1 Å². The standard InChI is InChI=1S/C21H20N6O/c22-11-19-20(28-17-6-2-1-3-7-17)10-16(14-24-19)27-21-25-12-15(13-26-21)18-8-4-5-9-23-18/h4-5,8-10,12-14,17H,1-3,6-7H2,(H,25,26,27). The molecule has 1 saturated carbocycles. The Morgan fingerprint density at radius 3 is 2.54 bits per heavy atom. The minimum absolute atomic E-state index is 0.145. The van der Waals surface area contributed by atoms with E-state index < -0.39 is 0 Å². The number of hydrogen-bond donors (Lipinski definition) is 1. The predicted octanol–water partition coefficient (Wildman–Crippen LogP) is 4.26. The van der Waals surface area contributed by atoms with Crippen LogP contribution in [0.2, 0.25) is 0 Å². The monoisotopic (exact) mass is 372 g/mol. The molecule has 7 heteroatoms. The fourth-order valence-electron chi connectivity index (χ4n) is 3.24. The smallest absolute Gasteiger partial charge is 0.227 e. The molecule has 140 valence electrons. The van der Waals surface area contributed by atoms with E-state index in [1.165, 1.54) is 6.42 Å². The molecule has 0 radical (unpaired) electrons. The quantitative estimate of drug-likeness (QED) is 0.714. The maximum atomic E-state index is 9.32. The van der Waals surface area contributed by atoms with E-state index in [9.17, 15) is 5.26 Å². The largest absolute Gasteiger partial charge is 0.487 e. The van der Waals surface area contributed by atoms with Crippen LogP contribution < -0.4 is 10.1 Å². The van der Waals surface area contributed by atoms with Gasteiger partial charge in [-0.05, 0) is 37.8 Å². The maximum absolute atomic E-state index is 9.32. The summed E-state index contributed by atoms with van der Waals surface area (Å²) in [6.45, 7) is 0. The molecular formula is C21H20N6O. The molecule has 0 atom stereocenters. The lowest BCUT2D eigenvalue weighted by Gasteiger charge is -2.23. The molecule has 1 aliphatic carbocycles. The summed E-state index contributed by atoms with van der Waals surface area (Å²) in [4.78, 5) is 17.2. The average molecular weight is 372 g/mol. The lowest BCUT2D eigenvalue weighted by atomic mass is 9.98. The third-order valence-electron chi connectivity index (χ3n) is 4.67. The van der Waals surface area contributed by atoms with E-state index in [0.717, 1.165) is 36.9 Å². The van der Waals surface area contributed by atoms with Gasteiger partial charge in [-0.15, -0.1) is 0 Å². The topological polar surface area (TPSA) is 96.6 Å². The zero-order valence-electron chi connectivity index (χ0n) is 15.4. The number of hydrogen-bond acceptors (Lipinski definition) is 7. The molecule has 0 aromatic carbocycles. The molecule has 0 aliphatic heterocycles. The number of nitrogens with zero attached hydrogens (tertiary/aromatic N) is 5. The number of anilines is 2. The zero-order chi connectivity index (χ0) is 19.2. The predicted molar refractivity (Wildman–Crippen MR) is 105 cm³/mol. The summed E-state index contributed by atoms with van der Waals surface area (Å²) in [5.74, 6) is 0.944. The van der Waals surface area contributed by atoms with Crippen LogP contribution in [0.1, 0.15) is 37.8 Å². The van der Waals surface area contributed by atoms with Crippen molar-refractivity contribution >= 4 is 11.6 Å². The Labute approximate surface area is 163 Å². The first kappa shape index (κ1) is 17.9. The Bertz CT molecular complexity index is 962. The molecule has 3 aromatic rings. The van der Waals surface area contributed by atoms with Crippen LogP contribution in [0.3, 0.4) is 0 Å². The van der Waals surface area contributed by atoms with Crippen LogP contribution in [-0.4, -0.2) is 26.0 Å². The molecule has 0 unspecified atom stereocenters. The molecule has 0 saturated heterocycles. The van der Waals surface area contributed by atoms with Crippen molar-refractivity contribution in [2.24, 2.45) is 0 Å². The highest BCUT2D eigenvalue weighted by Gasteiger charge is 2.17. The highest BCUT2D eigenvalue weighted by molar-refractivity contribution is 5.60. The SMILES string of the molecule is N#Cc1ncc(Nc2ncc(-c3ccccn3)cn2)cc1OC1CCCCC1. The van der Waals surface area contributed by atoms with Crippen LogP contribution in [0.15, 0.2) is 49.1 Å². The molecule has 3 heterocycles. The third-order valence-corrected chi connectivity index (χ3v) is 4.67. The van der Waals surface area contributed by atoms with Gasteiger partial charge in [-0.3, -0.25) is 4.98 Å². The van der Waals surface area contributed by atoms with Gasteiger partial charge in [0.2, 0.25) is 5.95 Å². The Kier molecular flexibility index (Phi) is 5.38. The molecule has 0 bridgehead atoms. The van der Waals surface area contributed by atoms with Crippen molar-refractivity contribution in [3.8, 4) is 23.1 Å². The zero-order valence-corrected chi connectivity index (χ0v) is 15.4. The van der Waals surface area contributed by atoms with E-state index in [1.807, 2.05) is 18.2 Å². The van der Waals surface area contributed by atoms with Crippen molar-refractivity contribution in [1.29, 1.82) is 5.26 Å². The first-order valence-corrected chi connectivity index (χ1v) is 9.39. The second kappa shape index (κ2) is 8.44. The Balaban J connectivity index is 1.50. The van der Waals surface area contributed by atoms with Crippen molar-refractivity contribution in [2.75, 3.05) is 5.32 Å². The summed E-state index contributed by atoms with van der Waals surface area (Å²) in [6.07, 6.45) is 12.5. The maximum Gasteiger partial charge on any atom is 0.227 e. The van der Waals surface area contributed by atoms with E-state index in [-0.39, 0.29) is 6.10 Å². The number of rotatable bonds is 5. The van der Waals surface area contributed by atoms with Crippen LogP contribution in [0.5, 0.6) is 5.75 Å². The fourth-order valence-corrected chi connectivity index (χ4v) is 3.24. The van der Waals surface area contributed by atoms with Gasteiger partial charge in [0.1, 0.15) is 6.07 Å². The van der Waals surface area contributed by atoms with Gasteiger partial charge >= 0.3 is 0 Å². The van der Waals surface area contributed by atoms with E-state index in [0.29, 0.717) is 23.1 Å². The number of nitriles is 1. The number of nitrogens with one attached hydrogen (secondary N) is 1. The molecule has 4 rings (SSSR count). The lowest BCUT2D eigenvalue weighted by molar-refractivity contribution is 0.154. The Hall–Kier alpha value is -3.53. The molecule has 1 N–H and O–H groups in total. The molecule has 28 heavy (non-hydrogen) atoms. The molecule has 0 amide bonds. The Morgan fingerprint density at radius 2 is 1.82 bits per heavy atom. The van der Waals surface area contributed by atoms with E-state index in [4.69, 9.17) is 4.74 Å². The number of ether oxygens (including phenoxy) is 1. The van der Waals surface area contributed by atoms with Crippen LogP contribution in [-0.2, 0) is 0 Å². The van der Waals surface area contributed by atoms with Gasteiger partial charge in [0.15, 0.2) is 11.4 Å². The van der Waals surface area contributed by atoms with Crippen molar-refractivity contribution < 1.29 is 4.74 Å². The minimum atomic E-state index is 0.145. The van der Waals surface area contributed by atoms with Crippen LogP contribution in [0.4, 0.5) is 11.6 Å². The van der Waals surface area contributed by atoms with Crippen molar-refractivity contribution in [2.45, 2.75) is 38.2 Å². The van der Waals surface area contributed by atoms with Crippen LogP contribution in [0.25, 0.3) is 11.3 Å². The van der Waals surface area contributed by atoms with Crippen LogP contribution >= 0.6 is 0 Å². The Morgan fingerprint density at radius 1 is 1.00 bits per heavy atom. The first-order valence-electron chi connectivity index (χ1n) is 9.39. The summed E-state index contributed by atoms with van der Waals surface area (Å²) in [5.41, 5.74) is 2.63. The van der Waals surface area contributed by atoms with Gasteiger partial charge in [0, 0.05) is 30.2 Å². The lowest BCUT2D eigenvalue weighted by Crippen LogP contribution is -2.20. The molecule has 3 aromatic heterocycles. The molecule has 0 spiro atoms. The first-order chi connectivity index (χ1) is 13.8. The molecule has 1 fully saturated rings. The number of pyridine rings is 2. The highest BCUT2D eigenvalue weighted by atomic mass is 16.5.